The fourth-order valence-electron chi connectivity index (χ4n) is 1.61. The number of benzene rings is 1. The molecule has 3 N–H and O–H groups in total. The van der Waals surface area contributed by atoms with Crippen LogP contribution in [-0.4, -0.2) is 18.3 Å². The Morgan fingerprint density at radius 2 is 1.93 bits per heavy atom. The van der Waals surface area contributed by atoms with Crippen LogP contribution in [-0.2, 0) is 6.42 Å². The molecule has 15 heavy (non-hydrogen) atoms. The summed E-state index contributed by atoms with van der Waals surface area (Å²) in [4.78, 5) is 0. The molecule has 1 aromatic rings. The number of aliphatic hydroxyl groups excluding tert-OH is 1. The Hall–Kier alpha value is -0.380. The fraction of sp³-hybridized carbons (Fsp3) is 0.500. The number of aliphatic hydroxyl groups is 1. The van der Waals surface area contributed by atoms with Gasteiger partial charge in [-0.15, -0.1) is 0 Å². The number of hydrogen-bond donors (Lipinski definition) is 2. The van der Waals surface area contributed by atoms with Crippen LogP contribution in [0, 0.1) is 5.41 Å². The Kier molecular flexibility index (Phi) is 4.77. The van der Waals surface area contributed by atoms with Crippen molar-refractivity contribution in [3.05, 3.63) is 34.3 Å². The molecule has 0 aliphatic heterocycles. The third-order valence-electron chi connectivity index (χ3n) is 3.01. The SMILES string of the molecule is CCC(CN)(CO)Cc1ccc(Br)cc1. The van der Waals surface area contributed by atoms with Crippen LogP contribution in [0.25, 0.3) is 0 Å². The molecule has 1 unspecified atom stereocenters. The topological polar surface area (TPSA) is 46.2 Å². The van der Waals surface area contributed by atoms with Gasteiger partial charge in [-0.3, -0.25) is 0 Å². The first-order valence-corrected chi connectivity index (χ1v) is 6.00. The van der Waals surface area contributed by atoms with Crippen LogP contribution in [0.2, 0.25) is 0 Å². The van der Waals surface area contributed by atoms with E-state index in [1.807, 2.05) is 12.1 Å². The number of rotatable bonds is 5. The molecule has 1 atom stereocenters. The Labute approximate surface area is 99.6 Å². The highest BCUT2D eigenvalue weighted by Crippen LogP contribution is 2.26. The van der Waals surface area contributed by atoms with Crippen LogP contribution in [0.4, 0.5) is 0 Å². The number of hydrogen-bond acceptors (Lipinski definition) is 2. The van der Waals surface area contributed by atoms with Crippen molar-refractivity contribution in [2.45, 2.75) is 19.8 Å². The minimum atomic E-state index is -0.159. The molecule has 0 fully saturated rings. The average Bonchev–Trinajstić information content (AvgIpc) is 2.29. The lowest BCUT2D eigenvalue weighted by molar-refractivity contribution is 0.127. The Morgan fingerprint density at radius 3 is 2.33 bits per heavy atom. The second-order valence-electron chi connectivity index (χ2n) is 4.02. The zero-order chi connectivity index (χ0) is 11.3. The van der Waals surface area contributed by atoms with Gasteiger partial charge in [0.15, 0.2) is 0 Å². The summed E-state index contributed by atoms with van der Waals surface area (Å²) in [6.45, 7) is 2.74. The molecular formula is C12H18BrNO. The Morgan fingerprint density at radius 1 is 1.33 bits per heavy atom. The lowest BCUT2D eigenvalue weighted by Gasteiger charge is -2.29. The molecule has 1 rings (SSSR count). The first-order chi connectivity index (χ1) is 7.15. The van der Waals surface area contributed by atoms with Gasteiger partial charge in [0.05, 0.1) is 6.61 Å². The molecule has 0 amide bonds. The van der Waals surface area contributed by atoms with E-state index in [4.69, 9.17) is 5.73 Å². The summed E-state index contributed by atoms with van der Waals surface area (Å²) < 4.78 is 1.07. The second-order valence-corrected chi connectivity index (χ2v) is 4.93. The van der Waals surface area contributed by atoms with Gasteiger partial charge in [0.2, 0.25) is 0 Å². The van der Waals surface area contributed by atoms with Crippen LogP contribution in [0.15, 0.2) is 28.7 Å². The maximum Gasteiger partial charge on any atom is 0.0502 e. The van der Waals surface area contributed by atoms with Gasteiger partial charge in [-0.2, -0.15) is 0 Å². The van der Waals surface area contributed by atoms with Gasteiger partial charge in [-0.25, -0.2) is 0 Å². The van der Waals surface area contributed by atoms with Gasteiger partial charge in [-0.1, -0.05) is 35.0 Å². The van der Waals surface area contributed by atoms with Gasteiger partial charge in [0.25, 0.3) is 0 Å². The van der Waals surface area contributed by atoms with Crippen molar-refractivity contribution in [2.75, 3.05) is 13.2 Å². The molecule has 2 nitrogen and oxygen atoms in total. The molecule has 0 aliphatic rings. The van der Waals surface area contributed by atoms with E-state index in [2.05, 4.69) is 35.0 Å². The van der Waals surface area contributed by atoms with E-state index in [1.54, 1.807) is 0 Å². The van der Waals surface area contributed by atoms with E-state index >= 15 is 0 Å². The first-order valence-electron chi connectivity index (χ1n) is 5.21. The zero-order valence-corrected chi connectivity index (χ0v) is 10.6. The van der Waals surface area contributed by atoms with Crippen molar-refractivity contribution in [3.8, 4) is 0 Å². The van der Waals surface area contributed by atoms with E-state index in [-0.39, 0.29) is 12.0 Å². The van der Waals surface area contributed by atoms with E-state index in [0.29, 0.717) is 6.54 Å². The highest BCUT2D eigenvalue weighted by Gasteiger charge is 2.25. The molecule has 0 radical (unpaired) electrons. The van der Waals surface area contributed by atoms with Crippen molar-refractivity contribution in [3.63, 3.8) is 0 Å². The van der Waals surface area contributed by atoms with Crippen molar-refractivity contribution in [2.24, 2.45) is 11.1 Å². The summed E-state index contributed by atoms with van der Waals surface area (Å²) in [7, 11) is 0. The molecule has 84 valence electrons. The lowest BCUT2D eigenvalue weighted by atomic mass is 9.80. The van der Waals surface area contributed by atoms with Crippen molar-refractivity contribution >= 4 is 15.9 Å². The highest BCUT2D eigenvalue weighted by atomic mass is 79.9. The third kappa shape index (κ3) is 3.30. The molecule has 0 aromatic heterocycles. The highest BCUT2D eigenvalue weighted by molar-refractivity contribution is 9.10. The zero-order valence-electron chi connectivity index (χ0n) is 9.04. The number of nitrogens with two attached hydrogens (primary N) is 1. The Balaban J connectivity index is 2.78. The smallest absolute Gasteiger partial charge is 0.0502 e. The molecular weight excluding hydrogens is 254 g/mol. The minimum Gasteiger partial charge on any atom is -0.396 e. The summed E-state index contributed by atoms with van der Waals surface area (Å²) in [5.41, 5.74) is 6.80. The maximum absolute atomic E-state index is 9.40. The van der Waals surface area contributed by atoms with Crippen molar-refractivity contribution in [1.82, 2.24) is 0 Å². The predicted octanol–water partition coefficient (Wildman–Crippen LogP) is 2.34. The van der Waals surface area contributed by atoms with Gasteiger partial charge < -0.3 is 10.8 Å². The monoisotopic (exact) mass is 271 g/mol. The molecule has 0 heterocycles. The van der Waals surface area contributed by atoms with E-state index < -0.39 is 0 Å². The van der Waals surface area contributed by atoms with Crippen LogP contribution in [0.1, 0.15) is 18.9 Å². The van der Waals surface area contributed by atoms with Gasteiger partial charge >= 0.3 is 0 Å². The van der Waals surface area contributed by atoms with Gasteiger partial charge in [0.1, 0.15) is 0 Å². The summed E-state index contributed by atoms with van der Waals surface area (Å²) in [6.07, 6.45) is 1.74. The fourth-order valence-corrected chi connectivity index (χ4v) is 1.87. The standard InChI is InChI=1S/C12H18BrNO/c1-2-12(8-14,9-15)7-10-3-5-11(13)6-4-10/h3-6,15H,2,7-9,14H2,1H3. The maximum atomic E-state index is 9.40. The van der Waals surface area contributed by atoms with Gasteiger partial charge in [-0.05, 0) is 30.5 Å². The summed E-state index contributed by atoms with van der Waals surface area (Å²) >= 11 is 3.40. The number of halogens is 1. The largest absolute Gasteiger partial charge is 0.396 e. The van der Waals surface area contributed by atoms with Crippen molar-refractivity contribution < 1.29 is 5.11 Å². The third-order valence-corrected chi connectivity index (χ3v) is 3.54. The van der Waals surface area contributed by atoms with E-state index in [9.17, 15) is 5.11 Å². The van der Waals surface area contributed by atoms with Crippen LogP contribution in [0.5, 0.6) is 0 Å². The molecule has 0 saturated carbocycles. The molecule has 1 aromatic carbocycles. The van der Waals surface area contributed by atoms with Gasteiger partial charge in [0, 0.05) is 16.4 Å². The quantitative estimate of drug-likeness (QED) is 0.864. The Bertz CT molecular complexity index is 285. The molecule has 0 saturated heterocycles. The molecule has 0 aliphatic carbocycles. The predicted molar refractivity (Wildman–Crippen MR) is 66.7 cm³/mol. The molecule has 3 heteroatoms. The van der Waals surface area contributed by atoms with Crippen molar-refractivity contribution in [1.29, 1.82) is 0 Å². The van der Waals surface area contributed by atoms with Crippen LogP contribution < -0.4 is 5.73 Å². The van der Waals surface area contributed by atoms with E-state index in [0.717, 1.165) is 17.3 Å². The second kappa shape index (κ2) is 5.64. The summed E-state index contributed by atoms with van der Waals surface area (Å²) in [5, 5.41) is 9.40. The molecule has 0 bridgehead atoms. The first kappa shape index (κ1) is 12.7. The van der Waals surface area contributed by atoms with Crippen LogP contribution >= 0.6 is 15.9 Å². The average molecular weight is 272 g/mol. The summed E-state index contributed by atoms with van der Waals surface area (Å²) in [6, 6.07) is 8.17. The normalized spacial score (nSPS) is 14.9. The lowest BCUT2D eigenvalue weighted by Crippen LogP contribution is -2.35. The molecule has 0 spiro atoms. The summed E-state index contributed by atoms with van der Waals surface area (Å²) in [5.74, 6) is 0. The van der Waals surface area contributed by atoms with Crippen LogP contribution in [0.3, 0.4) is 0 Å². The van der Waals surface area contributed by atoms with E-state index in [1.165, 1.54) is 5.56 Å². The minimum absolute atomic E-state index is 0.149.